The molecule has 0 aliphatic heterocycles. The van der Waals surface area contributed by atoms with Gasteiger partial charge in [-0.3, -0.25) is 0 Å². The molecule has 0 bridgehead atoms. The molecule has 1 heterocycles. The minimum atomic E-state index is -0.165. The Kier molecular flexibility index (Phi) is 4.99. The fraction of sp³-hybridized carbons (Fsp3) is 0.429. The van der Waals surface area contributed by atoms with Gasteiger partial charge in [0.25, 0.3) is 0 Å². The highest BCUT2D eigenvalue weighted by atomic mass is 32.2. The lowest BCUT2D eigenvalue weighted by Crippen LogP contribution is -2.17. The van der Waals surface area contributed by atoms with E-state index >= 15 is 0 Å². The van der Waals surface area contributed by atoms with Gasteiger partial charge in [-0.05, 0) is 29.9 Å². The molecule has 2 N–H and O–H groups in total. The van der Waals surface area contributed by atoms with Crippen LogP contribution in [0.2, 0.25) is 0 Å². The summed E-state index contributed by atoms with van der Waals surface area (Å²) < 4.78 is 1.89. The van der Waals surface area contributed by atoms with Gasteiger partial charge in [0.15, 0.2) is 0 Å². The number of nitrogens with two attached hydrogens (primary N) is 1. The van der Waals surface area contributed by atoms with Crippen molar-refractivity contribution in [2.75, 3.05) is 5.75 Å². The molecular formula is C14H20N4S. The molecule has 0 saturated carbocycles. The SMILES string of the molecule is CCCn1nncc1C(N)c1ccc(SCC)cc1. The zero-order chi connectivity index (χ0) is 13.7. The van der Waals surface area contributed by atoms with E-state index in [0.29, 0.717) is 0 Å². The largest absolute Gasteiger partial charge is 0.319 e. The van der Waals surface area contributed by atoms with Crippen molar-refractivity contribution in [3.63, 3.8) is 0 Å². The molecule has 5 heteroatoms. The van der Waals surface area contributed by atoms with E-state index in [1.807, 2.05) is 16.4 Å². The number of benzene rings is 1. The molecule has 0 fully saturated rings. The number of aromatic nitrogens is 3. The normalized spacial score (nSPS) is 12.6. The molecule has 1 aromatic heterocycles. The number of hydrogen-bond donors (Lipinski definition) is 1. The van der Waals surface area contributed by atoms with Crippen LogP contribution >= 0.6 is 11.8 Å². The maximum atomic E-state index is 6.31. The Morgan fingerprint density at radius 3 is 2.63 bits per heavy atom. The number of aryl methyl sites for hydroxylation is 1. The van der Waals surface area contributed by atoms with Gasteiger partial charge in [-0.25, -0.2) is 4.68 Å². The molecule has 1 unspecified atom stereocenters. The van der Waals surface area contributed by atoms with Gasteiger partial charge < -0.3 is 5.73 Å². The van der Waals surface area contributed by atoms with Crippen molar-refractivity contribution in [2.45, 2.75) is 37.8 Å². The highest BCUT2D eigenvalue weighted by molar-refractivity contribution is 7.99. The smallest absolute Gasteiger partial charge is 0.0799 e. The van der Waals surface area contributed by atoms with E-state index in [9.17, 15) is 0 Å². The van der Waals surface area contributed by atoms with Crippen molar-refractivity contribution in [1.82, 2.24) is 15.0 Å². The van der Waals surface area contributed by atoms with Crippen molar-refractivity contribution in [3.05, 3.63) is 41.7 Å². The van der Waals surface area contributed by atoms with E-state index in [2.05, 4.69) is 48.4 Å². The fourth-order valence-electron chi connectivity index (χ4n) is 2.00. The quantitative estimate of drug-likeness (QED) is 0.824. The third kappa shape index (κ3) is 3.36. The Hall–Kier alpha value is -1.33. The number of thioether (sulfide) groups is 1. The molecule has 19 heavy (non-hydrogen) atoms. The first-order valence-electron chi connectivity index (χ1n) is 6.63. The Bertz CT molecular complexity index is 506. The summed E-state index contributed by atoms with van der Waals surface area (Å²) in [5, 5.41) is 8.05. The number of nitrogens with zero attached hydrogens (tertiary/aromatic N) is 3. The molecule has 102 valence electrons. The predicted octanol–water partition coefficient (Wildman–Crippen LogP) is 2.85. The van der Waals surface area contributed by atoms with Crippen molar-refractivity contribution >= 4 is 11.8 Å². The van der Waals surface area contributed by atoms with E-state index in [4.69, 9.17) is 5.73 Å². The van der Waals surface area contributed by atoms with Gasteiger partial charge in [0.2, 0.25) is 0 Å². The summed E-state index contributed by atoms with van der Waals surface area (Å²) in [5.74, 6) is 1.08. The van der Waals surface area contributed by atoms with Crippen LogP contribution in [0.5, 0.6) is 0 Å². The Balaban J connectivity index is 2.18. The molecule has 2 aromatic rings. The van der Waals surface area contributed by atoms with Crippen molar-refractivity contribution in [2.24, 2.45) is 5.73 Å². The van der Waals surface area contributed by atoms with E-state index in [0.717, 1.165) is 30.0 Å². The van der Waals surface area contributed by atoms with Crippen LogP contribution in [-0.2, 0) is 6.54 Å². The Morgan fingerprint density at radius 2 is 2.00 bits per heavy atom. The Morgan fingerprint density at radius 1 is 1.26 bits per heavy atom. The first kappa shape index (κ1) is 14.1. The summed E-state index contributed by atoms with van der Waals surface area (Å²) in [6.07, 6.45) is 2.78. The van der Waals surface area contributed by atoms with Crippen LogP contribution < -0.4 is 5.73 Å². The monoisotopic (exact) mass is 276 g/mol. The highest BCUT2D eigenvalue weighted by Gasteiger charge is 2.14. The standard InChI is InChI=1S/C14H20N4S/c1-3-9-18-13(10-16-17-18)14(15)11-5-7-12(8-6-11)19-4-2/h5-8,10,14H,3-4,9,15H2,1-2H3. The van der Waals surface area contributed by atoms with E-state index in [1.165, 1.54) is 4.90 Å². The summed E-state index contributed by atoms with van der Waals surface area (Å²) in [5.41, 5.74) is 8.38. The van der Waals surface area contributed by atoms with Crippen molar-refractivity contribution in [3.8, 4) is 0 Å². The van der Waals surface area contributed by atoms with E-state index in [1.54, 1.807) is 6.20 Å². The molecule has 0 radical (unpaired) electrons. The zero-order valence-electron chi connectivity index (χ0n) is 11.4. The third-order valence-corrected chi connectivity index (χ3v) is 3.85. The van der Waals surface area contributed by atoms with Gasteiger partial charge in [-0.15, -0.1) is 16.9 Å². The third-order valence-electron chi connectivity index (χ3n) is 2.95. The molecule has 0 spiro atoms. The summed E-state index contributed by atoms with van der Waals surface area (Å²) in [6.45, 7) is 5.12. The van der Waals surface area contributed by atoms with Gasteiger partial charge in [0.1, 0.15) is 0 Å². The second-order valence-corrected chi connectivity index (χ2v) is 5.70. The predicted molar refractivity (Wildman–Crippen MR) is 79.2 cm³/mol. The molecule has 0 amide bonds. The van der Waals surface area contributed by atoms with E-state index < -0.39 is 0 Å². The first-order valence-corrected chi connectivity index (χ1v) is 7.61. The van der Waals surface area contributed by atoms with Crippen LogP contribution in [0.25, 0.3) is 0 Å². The van der Waals surface area contributed by atoms with Crippen LogP contribution in [0.1, 0.15) is 37.6 Å². The fourth-order valence-corrected chi connectivity index (χ4v) is 2.66. The van der Waals surface area contributed by atoms with Crippen molar-refractivity contribution < 1.29 is 0 Å². The lowest BCUT2D eigenvalue weighted by Gasteiger charge is -2.13. The molecule has 1 aromatic carbocycles. The first-order chi connectivity index (χ1) is 9.26. The maximum absolute atomic E-state index is 6.31. The molecule has 2 rings (SSSR count). The summed E-state index contributed by atoms with van der Waals surface area (Å²) >= 11 is 1.83. The van der Waals surface area contributed by atoms with Crippen molar-refractivity contribution in [1.29, 1.82) is 0 Å². The highest BCUT2D eigenvalue weighted by Crippen LogP contribution is 2.23. The zero-order valence-corrected chi connectivity index (χ0v) is 12.2. The second kappa shape index (κ2) is 6.73. The summed E-state index contributed by atoms with van der Waals surface area (Å²) in [6, 6.07) is 8.26. The van der Waals surface area contributed by atoms with E-state index in [-0.39, 0.29) is 6.04 Å². The van der Waals surface area contributed by atoms with Crippen LogP contribution in [0, 0.1) is 0 Å². The minimum Gasteiger partial charge on any atom is -0.319 e. The molecule has 4 nitrogen and oxygen atoms in total. The average Bonchev–Trinajstić information content (AvgIpc) is 2.88. The lowest BCUT2D eigenvalue weighted by molar-refractivity contribution is 0.543. The molecular weight excluding hydrogens is 256 g/mol. The average molecular weight is 276 g/mol. The van der Waals surface area contributed by atoms with Crippen LogP contribution in [0.4, 0.5) is 0 Å². The lowest BCUT2D eigenvalue weighted by atomic mass is 10.1. The van der Waals surface area contributed by atoms with Gasteiger partial charge in [-0.1, -0.05) is 31.2 Å². The maximum Gasteiger partial charge on any atom is 0.0799 e. The molecule has 0 aliphatic rings. The van der Waals surface area contributed by atoms with Gasteiger partial charge in [-0.2, -0.15) is 0 Å². The van der Waals surface area contributed by atoms with Crippen LogP contribution in [-0.4, -0.2) is 20.7 Å². The molecule has 0 aliphatic carbocycles. The van der Waals surface area contributed by atoms with Crippen LogP contribution in [0.3, 0.4) is 0 Å². The minimum absolute atomic E-state index is 0.165. The van der Waals surface area contributed by atoms with Gasteiger partial charge in [0, 0.05) is 11.4 Å². The Labute approximate surface area is 118 Å². The topological polar surface area (TPSA) is 56.7 Å². The summed E-state index contributed by atoms with van der Waals surface area (Å²) in [4.78, 5) is 1.28. The molecule has 0 saturated heterocycles. The van der Waals surface area contributed by atoms with Gasteiger partial charge in [0.05, 0.1) is 17.9 Å². The second-order valence-electron chi connectivity index (χ2n) is 4.36. The summed E-state index contributed by atoms with van der Waals surface area (Å²) in [7, 11) is 0. The number of rotatable bonds is 6. The van der Waals surface area contributed by atoms with Gasteiger partial charge >= 0.3 is 0 Å². The van der Waals surface area contributed by atoms with Crippen LogP contribution in [0.15, 0.2) is 35.4 Å². The number of hydrogen-bond acceptors (Lipinski definition) is 4. The molecule has 1 atom stereocenters.